The summed E-state index contributed by atoms with van der Waals surface area (Å²) in [5.41, 5.74) is 0.524. The van der Waals surface area contributed by atoms with Gasteiger partial charge in [0.1, 0.15) is 0 Å². The van der Waals surface area contributed by atoms with E-state index in [4.69, 9.17) is 21.1 Å². The summed E-state index contributed by atoms with van der Waals surface area (Å²) in [5.74, 6) is 0.245. The first-order valence-corrected chi connectivity index (χ1v) is 6.02. The average molecular weight is 298 g/mol. The molecule has 0 aromatic heterocycles. The highest BCUT2D eigenvalue weighted by atomic mass is 35.5. The van der Waals surface area contributed by atoms with Crippen LogP contribution in [0.2, 0.25) is 5.02 Å². The van der Waals surface area contributed by atoms with Crippen LogP contribution >= 0.6 is 11.6 Å². The molecule has 0 atom stereocenters. The van der Waals surface area contributed by atoms with E-state index >= 15 is 0 Å². The van der Waals surface area contributed by atoms with Gasteiger partial charge in [-0.3, -0.25) is 0 Å². The maximum Gasteiger partial charge on any atom is 0.422 e. The summed E-state index contributed by atoms with van der Waals surface area (Å²) in [4.78, 5) is 0. The molecule has 0 saturated carbocycles. The van der Waals surface area contributed by atoms with Crippen molar-refractivity contribution < 1.29 is 22.6 Å². The zero-order valence-electron chi connectivity index (χ0n) is 10.6. The fraction of sp³-hybridized carbons (Fsp3) is 0.500. The summed E-state index contributed by atoms with van der Waals surface area (Å²) in [6, 6.07) is 2.97. The van der Waals surface area contributed by atoms with Crippen LogP contribution in [-0.2, 0) is 6.54 Å². The molecule has 0 aliphatic rings. The number of rotatable bonds is 6. The smallest absolute Gasteiger partial charge is 0.422 e. The number of hydrogen-bond donors (Lipinski definition) is 1. The van der Waals surface area contributed by atoms with Crippen molar-refractivity contribution in [3.63, 3.8) is 0 Å². The number of methoxy groups -OCH3 is 1. The largest absolute Gasteiger partial charge is 0.493 e. The highest BCUT2D eigenvalue weighted by Gasteiger charge is 2.29. The summed E-state index contributed by atoms with van der Waals surface area (Å²) < 4.78 is 46.5. The number of halogens is 4. The van der Waals surface area contributed by atoms with Crippen molar-refractivity contribution in [1.82, 2.24) is 5.32 Å². The van der Waals surface area contributed by atoms with Crippen molar-refractivity contribution in [3.8, 4) is 11.5 Å². The Balaban J connectivity index is 3.01. The molecule has 0 saturated heterocycles. The Hall–Kier alpha value is -1.14. The molecule has 0 spiro atoms. The maximum absolute atomic E-state index is 12.2. The summed E-state index contributed by atoms with van der Waals surface area (Å²) >= 11 is 5.88. The first kappa shape index (κ1) is 15.9. The molecule has 0 heterocycles. The minimum atomic E-state index is -4.40. The molecule has 1 N–H and O–H groups in total. The van der Waals surface area contributed by atoms with Crippen LogP contribution in [0.25, 0.3) is 0 Å². The Kier molecular flexibility index (Phi) is 5.75. The number of benzene rings is 1. The molecule has 1 aromatic rings. The van der Waals surface area contributed by atoms with Crippen LogP contribution in [0.4, 0.5) is 13.2 Å². The molecule has 7 heteroatoms. The molecule has 0 unspecified atom stereocenters. The minimum Gasteiger partial charge on any atom is -0.493 e. The van der Waals surface area contributed by atoms with Gasteiger partial charge in [0.2, 0.25) is 0 Å². The van der Waals surface area contributed by atoms with E-state index < -0.39 is 12.8 Å². The van der Waals surface area contributed by atoms with Crippen LogP contribution < -0.4 is 14.8 Å². The third-order valence-corrected chi connectivity index (χ3v) is 2.48. The van der Waals surface area contributed by atoms with E-state index in [1.807, 2.05) is 6.92 Å². The molecule has 0 fully saturated rings. The molecule has 0 amide bonds. The van der Waals surface area contributed by atoms with Crippen LogP contribution in [0.1, 0.15) is 12.5 Å². The third kappa shape index (κ3) is 5.16. The van der Waals surface area contributed by atoms with Gasteiger partial charge in [-0.05, 0) is 12.6 Å². The molecular formula is C12H15ClF3NO2. The van der Waals surface area contributed by atoms with Gasteiger partial charge >= 0.3 is 6.18 Å². The van der Waals surface area contributed by atoms with E-state index in [2.05, 4.69) is 5.32 Å². The monoisotopic (exact) mass is 297 g/mol. The summed E-state index contributed by atoms with van der Waals surface area (Å²) in [7, 11) is 1.35. The molecule has 0 aliphatic carbocycles. The number of hydrogen-bond acceptors (Lipinski definition) is 3. The molecule has 1 rings (SSSR count). The molecular weight excluding hydrogens is 283 g/mol. The number of ether oxygens (including phenoxy) is 2. The lowest BCUT2D eigenvalue weighted by molar-refractivity contribution is -0.153. The Morgan fingerprint density at radius 1 is 1.32 bits per heavy atom. The van der Waals surface area contributed by atoms with Crippen molar-refractivity contribution in [2.75, 3.05) is 20.3 Å². The quantitative estimate of drug-likeness (QED) is 0.873. The normalized spacial score (nSPS) is 11.5. The molecule has 108 valence electrons. The lowest BCUT2D eigenvalue weighted by atomic mass is 10.2. The summed E-state index contributed by atoms with van der Waals surface area (Å²) in [6.07, 6.45) is -4.40. The zero-order chi connectivity index (χ0) is 14.5. The van der Waals surface area contributed by atoms with E-state index in [1.54, 1.807) is 6.07 Å². The van der Waals surface area contributed by atoms with Gasteiger partial charge in [-0.25, -0.2) is 0 Å². The number of nitrogens with one attached hydrogen (secondary N) is 1. The fourth-order valence-corrected chi connectivity index (χ4v) is 1.71. The molecule has 0 bridgehead atoms. The molecule has 0 aliphatic heterocycles. The summed E-state index contributed by atoms with van der Waals surface area (Å²) in [5, 5.41) is 3.38. The molecule has 1 aromatic carbocycles. The second-order valence-corrected chi connectivity index (χ2v) is 4.22. The van der Waals surface area contributed by atoms with Gasteiger partial charge in [0.15, 0.2) is 18.1 Å². The van der Waals surface area contributed by atoms with Gasteiger partial charge in [-0.15, -0.1) is 0 Å². The van der Waals surface area contributed by atoms with Crippen molar-refractivity contribution in [2.24, 2.45) is 0 Å². The maximum atomic E-state index is 12.2. The topological polar surface area (TPSA) is 30.5 Å². The van der Waals surface area contributed by atoms with Gasteiger partial charge in [0.05, 0.1) is 7.11 Å². The van der Waals surface area contributed by atoms with Gasteiger partial charge in [-0.1, -0.05) is 18.5 Å². The highest BCUT2D eigenvalue weighted by molar-refractivity contribution is 6.30. The highest BCUT2D eigenvalue weighted by Crippen LogP contribution is 2.35. The molecule has 0 radical (unpaired) electrons. The SMILES string of the molecule is CCNCc1cc(Cl)cc(OC)c1OCC(F)(F)F. The van der Waals surface area contributed by atoms with E-state index in [9.17, 15) is 13.2 Å². The summed E-state index contributed by atoms with van der Waals surface area (Å²) in [6.45, 7) is 1.54. The van der Waals surface area contributed by atoms with Gasteiger partial charge in [0.25, 0.3) is 0 Å². The van der Waals surface area contributed by atoms with Crippen LogP contribution in [0.5, 0.6) is 11.5 Å². The predicted octanol–water partition coefficient (Wildman–Crippen LogP) is 3.40. The van der Waals surface area contributed by atoms with Crippen molar-refractivity contribution in [1.29, 1.82) is 0 Å². The lowest BCUT2D eigenvalue weighted by Gasteiger charge is -2.17. The Labute approximate surface area is 114 Å². The average Bonchev–Trinajstić information content (AvgIpc) is 2.32. The van der Waals surface area contributed by atoms with Gasteiger partial charge < -0.3 is 14.8 Å². The Morgan fingerprint density at radius 3 is 2.53 bits per heavy atom. The van der Waals surface area contributed by atoms with Gasteiger partial charge in [-0.2, -0.15) is 13.2 Å². The predicted molar refractivity (Wildman–Crippen MR) is 66.9 cm³/mol. The van der Waals surface area contributed by atoms with E-state index in [-0.39, 0.29) is 11.5 Å². The minimum absolute atomic E-state index is 0.0603. The second kappa shape index (κ2) is 6.86. The van der Waals surface area contributed by atoms with Crippen molar-refractivity contribution >= 4 is 11.6 Å². The van der Waals surface area contributed by atoms with Gasteiger partial charge in [0, 0.05) is 23.2 Å². The van der Waals surface area contributed by atoms with E-state index in [0.717, 1.165) is 0 Å². The van der Waals surface area contributed by atoms with Crippen LogP contribution in [0, 0.1) is 0 Å². The van der Waals surface area contributed by atoms with E-state index in [1.165, 1.54) is 13.2 Å². The van der Waals surface area contributed by atoms with Crippen molar-refractivity contribution in [3.05, 3.63) is 22.7 Å². The van der Waals surface area contributed by atoms with Crippen LogP contribution in [-0.4, -0.2) is 26.4 Å². The Bertz CT molecular complexity index is 424. The fourth-order valence-electron chi connectivity index (χ4n) is 1.48. The van der Waals surface area contributed by atoms with Crippen molar-refractivity contribution in [2.45, 2.75) is 19.6 Å². The van der Waals surface area contributed by atoms with E-state index in [0.29, 0.717) is 23.7 Å². The lowest BCUT2D eigenvalue weighted by Crippen LogP contribution is -2.21. The standard InChI is InChI=1S/C12H15ClF3NO2/c1-3-17-6-8-4-9(13)5-10(18-2)11(8)19-7-12(14,15)16/h4-5,17H,3,6-7H2,1-2H3. The molecule has 3 nitrogen and oxygen atoms in total. The second-order valence-electron chi connectivity index (χ2n) is 3.78. The van der Waals surface area contributed by atoms with Crippen LogP contribution in [0.3, 0.4) is 0 Å². The third-order valence-electron chi connectivity index (χ3n) is 2.26. The first-order chi connectivity index (χ1) is 8.87. The van der Waals surface area contributed by atoms with Crippen LogP contribution in [0.15, 0.2) is 12.1 Å². The zero-order valence-corrected chi connectivity index (χ0v) is 11.4. The Morgan fingerprint density at radius 2 is 2.00 bits per heavy atom. The molecule has 19 heavy (non-hydrogen) atoms. The first-order valence-electron chi connectivity index (χ1n) is 5.64. The number of alkyl halides is 3.